The molecule has 0 radical (unpaired) electrons. The lowest BCUT2D eigenvalue weighted by Gasteiger charge is -2.09. The summed E-state index contributed by atoms with van der Waals surface area (Å²) < 4.78 is 16.4. The number of aryl methyl sites for hydroxylation is 2. The van der Waals surface area contributed by atoms with Gasteiger partial charge in [0.1, 0.15) is 12.2 Å². The fraction of sp³-hybridized carbons (Fsp3) is 0.500. The molecule has 0 bridgehead atoms. The Morgan fingerprint density at radius 2 is 2.09 bits per heavy atom. The number of esters is 1. The number of carbonyl (C=O) groups excluding carboxylic acids is 1. The lowest BCUT2D eigenvalue weighted by atomic mass is 10.0. The summed E-state index contributed by atoms with van der Waals surface area (Å²) in [7, 11) is 0. The first-order valence-corrected chi connectivity index (χ1v) is 8.09. The Hall–Kier alpha value is -1.81. The minimum atomic E-state index is -0.210. The fourth-order valence-electron chi connectivity index (χ4n) is 3.45. The van der Waals surface area contributed by atoms with E-state index in [1.807, 2.05) is 0 Å². The van der Waals surface area contributed by atoms with Crippen molar-refractivity contribution in [3.8, 4) is 0 Å². The first-order valence-electron chi connectivity index (χ1n) is 8.09. The molecule has 4 nitrogen and oxygen atoms in total. The van der Waals surface area contributed by atoms with Crippen LogP contribution in [0.4, 0.5) is 0 Å². The zero-order valence-electron chi connectivity index (χ0n) is 12.6. The van der Waals surface area contributed by atoms with E-state index in [1.165, 1.54) is 17.5 Å². The van der Waals surface area contributed by atoms with Gasteiger partial charge in [-0.25, -0.2) is 0 Å². The molecule has 1 atom stereocenters. The van der Waals surface area contributed by atoms with E-state index in [2.05, 4.69) is 12.1 Å². The van der Waals surface area contributed by atoms with Crippen molar-refractivity contribution in [3.63, 3.8) is 0 Å². The van der Waals surface area contributed by atoms with E-state index in [4.69, 9.17) is 13.9 Å². The molecule has 1 aliphatic heterocycles. The second-order valence-corrected chi connectivity index (χ2v) is 6.23. The highest BCUT2D eigenvalue weighted by Gasteiger charge is 2.19. The van der Waals surface area contributed by atoms with Gasteiger partial charge in [0.2, 0.25) is 0 Å². The largest absolute Gasteiger partial charge is 0.464 e. The van der Waals surface area contributed by atoms with Crippen LogP contribution in [0, 0.1) is 0 Å². The average Bonchev–Trinajstić information content (AvgIpc) is 3.24. The van der Waals surface area contributed by atoms with Crippen molar-refractivity contribution in [2.24, 2.45) is 0 Å². The van der Waals surface area contributed by atoms with Crippen LogP contribution < -0.4 is 0 Å². The van der Waals surface area contributed by atoms with Crippen molar-refractivity contribution < 1.29 is 18.7 Å². The molecule has 1 aliphatic carbocycles. The molecule has 4 rings (SSSR count). The summed E-state index contributed by atoms with van der Waals surface area (Å²) in [6, 6.07) is 4.31. The van der Waals surface area contributed by atoms with Crippen molar-refractivity contribution in [2.75, 3.05) is 13.2 Å². The SMILES string of the molecule is O=C(Cc1coc2cc3c(cc12)CCC3)OCC1CCCO1. The predicted molar refractivity (Wildman–Crippen MR) is 81.9 cm³/mol. The number of ether oxygens (including phenoxy) is 2. The number of rotatable bonds is 4. The molecule has 0 saturated carbocycles. The molecule has 2 heterocycles. The fourth-order valence-corrected chi connectivity index (χ4v) is 3.45. The number of furan rings is 1. The van der Waals surface area contributed by atoms with E-state index in [-0.39, 0.29) is 18.5 Å². The lowest BCUT2D eigenvalue weighted by molar-refractivity contribution is -0.146. The summed E-state index contributed by atoms with van der Waals surface area (Å²) in [6.45, 7) is 1.14. The van der Waals surface area contributed by atoms with Crippen LogP contribution in [0.5, 0.6) is 0 Å². The third kappa shape index (κ3) is 2.63. The highest BCUT2D eigenvalue weighted by Crippen LogP contribution is 2.30. The molecule has 1 saturated heterocycles. The van der Waals surface area contributed by atoms with E-state index in [1.54, 1.807) is 6.26 Å². The zero-order chi connectivity index (χ0) is 14.9. The van der Waals surface area contributed by atoms with Gasteiger partial charge >= 0.3 is 5.97 Å². The molecule has 0 spiro atoms. The number of carbonyl (C=O) groups is 1. The van der Waals surface area contributed by atoms with Crippen molar-refractivity contribution in [2.45, 2.75) is 44.6 Å². The molecule has 1 fully saturated rings. The molecule has 0 amide bonds. The minimum Gasteiger partial charge on any atom is -0.464 e. The normalized spacial score (nSPS) is 20.5. The quantitative estimate of drug-likeness (QED) is 0.814. The molecule has 2 aliphatic rings. The minimum absolute atomic E-state index is 0.0771. The monoisotopic (exact) mass is 300 g/mol. The number of hydrogen-bond acceptors (Lipinski definition) is 4. The molecule has 1 unspecified atom stereocenters. The van der Waals surface area contributed by atoms with Crippen LogP contribution in [0.3, 0.4) is 0 Å². The zero-order valence-corrected chi connectivity index (χ0v) is 12.6. The smallest absolute Gasteiger partial charge is 0.310 e. The van der Waals surface area contributed by atoms with Gasteiger partial charge in [0, 0.05) is 17.6 Å². The van der Waals surface area contributed by atoms with Gasteiger partial charge < -0.3 is 13.9 Å². The standard InChI is InChI=1S/C18H20O4/c19-18(22-11-15-5-2-6-20-15)9-14-10-21-17-8-13-4-1-3-12(13)7-16(14)17/h7-8,10,15H,1-6,9,11H2. The summed E-state index contributed by atoms with van der Waals surface area (Å²) >= 11 is 0. The predicted octanol–water partition coefficient (Wildman–Crippen LogP) is 3.19. The van der Waals surface area contributed by atoms with Gasteiger partial charge in [0.25, 0.3) is 0 Å². The Bertz CT molecular complexity index is 694. The second-order valence-electron chi connectivity index (χ2n) is 6.23. The Morgan fingerprint density at radius 1 is 1.23 bits per heavy atom. The molecule has 22 heavy (non-hydrogen) atoms. The van der Waals surface area contributed by atoms with E-state index in [9.17, 15) is 4.79 Å². The summed E-state index contributed by atoms with van der Waals surface area (Å²) in [6.07, 6.45) is 7.53. The third-order valence-corrected chi connectivity index (χ3v) is 4.66. The highest BCUT2D eigenvalue weighted by atomic mass is 16.6. The van der Waals surface area contributed by atoms with Crippen molar-refractivity contribution >= 4 is 16.9 Å². The molecule has 116 valence electrons. The molecular formula is C18H20O4. The Kier molecular flexibility index (Phi) is 3.62. The summed E-state index contributed by atoms with van der Waals surface area (Å²) in [5.74, 6) is -0.210. The topological polar surface area (TPSA) is 48.7 Å². The Labute approximate surface area is 129 Å². The number of fused-ring (bicyclic) bond motifs is 2. The van der Waals surface area contributed by atoms with Gasteiger partial charge in [-0.2, -0.15) is 0 Å². The molecular weight excluding hydrogens is 280 g/mol. The van der Waals surface area contributed by atoms with Gasteiger partial charge in [-0.1, -0.05) is 0 Å². The van der Waals surface area contributed by atoms with Crippen molar-refractivity contribution in [1.82, 2.24) is 0 Å². The summed E-state index contributed by atoms with van der Waals surface area (Å²) in [5.41, 5.74) is 4.57. The van der Waals surface area contributed by atoms with Crippen LogP contribution in [0.2, 0.25) is 0 Å². The van der Waals surface area contributed by atoms with Crippen LogP contribution >= 0.6 is 0 Å². The number of benzene rings is 1. The maximum absolute atomic E-state index is 12.0. The van der Waals surface area contributed by atoms with Gasteiger partial charge in [-0.15, -0.1) is 0 Å². The highest BCUT2D eigenvalue weighted by molar-refractivity contribution is 5.87. The molecule has 4 heteroatoms. The second kappa shape index (κ2) is 5.76. The van der Waals surface area contributed by atoms with E-state index in [0.717, 1.165) is 48.8 Å². The van der Waals surface area contributed by atoms with Gasteiger partial charge in [-0.05, 0) is 55.4 Å². The van der Waals surface area contributed by atoms with Crippen molar-refractivity contribution in [3.05, 3.63) is 35.1 Å². The van der Waals surface area contributed by atoms with Crippen LogP contribution in [0.15, 0.2) is 22.8 Å². The number of hydrogen-bond donors (Lipinski definition) is 0. The Morgan fingerprint density at radius 3 is 2.91 bits per heavy atom. The van der Waals surface area contributed by atoms with Crippen LogP contribution in [-0.2, 0) is 33.5 Å². The van der Waals surface area contributed by atoms with Gasteiger partial charge in [0.15, 0.2) is 0 Å². The Balaban J connectivity index is 1.45. The van der Waals surface area contributed by atoms with Crippen LogP contribution in [-0.4, -0.2) is 25.3 Å². The van der Waals surface area contributed by atoms with Crippen molar-refractivity contribution in [1.29, 1.82) is 0 Å². The van der Waals surface area contributed by atoms with E-state index < -0.39 is 0 Å². The summed E-state index contributed by atoms with van der Waals surface area (Å²) in [4.78, 5) is 12.0. The lowest BCUT2D eigenvalue weighted by Crippen LogP contribution is -2.18. The summed E-state index contributed by atoms with van der Waals surface area (Å²) in [5, 5.41) is 1.05. The molecule has 1 aromatic carbocycles. The maximum Gasteiger partial charge on any atom is 0.310 e. The first kappa shape index (κ1) is 13.8. The van der Waals surface area contributed by atoms with E-state index >= 15 is 0 Å². The first-order chi connectivity index (χ1) is 10.8. The average molecular weight is 300 g/mol. The molecule has 1 aromatic heterocycles. The van der Waals surface area contributed by atoms with Crippen LogP contribution in [0.25, 0.3) is 11.0 Å². The van der Waals surface area contributed by atoms with E-state index in [0.29, 0.717) is 6.61 Å². The van der Waals surface area contributed by atoms with Crippen LogP contribution in [0.1, 0.15) is 36.0 Å². The third-order valence-electron chi connectivity index (χ3n) is 4.66. The maximum atomic E-state index is 12.0. The molecule has 0 N–H and O–H groups in total. The van der Waals surface area contributed by atoms with Gasteiger partial charge in [-0.3, -0.25) is 4.79 Å². The van der Waals surface area contributed by atoms with Gasteiger partial charge in [0.05, 0.1) is 18.8 Å². The molecule has 2 aromatic rings.